The predicted octanol–water partition coefficient (Wildman–Crippen LogP) is 3.83. The molecule has 180 valence electrons. The van der Waals surface area contributed by atoms with Gasteiger partial charge < -0.3 is 10.1 Å². The van der Waals surface area contributed by atoms with Crippen LogP contribution in [0.5, 0.6) is 5.75 Å². The molecule has 1 aliphatic carbocycles. The standard InChI is InChI=1S/C24H29FN6O3/c1-15(16-7-3-2-4-8-16)34-20-14-19(31-24(33)30-12-6-5-9-22(30)29-31)18(25)13-17(20)23(32)27-21-10-11-26-28-21/h10-11,13-16H,2-9,12H2,1H3,(H2,26,27,28,32). The van der Waals surface area contributed by atoms with E-state index >= 15 is 4.39 Å². The Morgan fingerprint density at radius 3 is 2.79 bits per heavy atom. The number of ether oxygens (including phenoxy) is 1. The van der Waals surface area contributed by atoms with Crippen LogP contribution in [0.2, 0.25) is 0 Å². The fourth-order valence-corrected chi connectivity index (χ4v) is 4.95. The summed E-state index contributed by atoms with van der Waals surface area (Å²) in [6, 6.07) is 4.15. The summed E-state index contributed by atoms with van der Waals surface area (Å²) in [6.45, 7) is 2.56. The van der Waals surface area contributed by atoms with Crippen LogP contribution in [0, 0.1) is 11.7 Å². The number of fused-ring (bicyclic) bond motifs is 1. The number of anilines is 1. The van der Waals surface area contributed by atoms with Crippen molar-refractivity contribution in [2.45, 2.75) is 70.9 Å². The fraction of sp³-hybridized carbons (Fsp3) is 0.500. The van der Waals surface area contributed by atoms with Gasteiger partial charge in [0.25, 0.3) is 5.91 Å². The number of halogens is 1. The Morgan fingerprint density at radius 1 is 1.24 bits per heavy atom. The third kappa shape index (κ3) is 4.36. The Bertz CT molecular complexity index is 1230. The summed E-state index contributed by atoms with van der Waals surface area (Å²) in [5.74, 6) is 0.369. The second-order valence-corrected chi connectivity index (χ2v) is 9.16. The summed E-state index contributed by atoms with van der Waals surface area (Å²) < 4.78 is 24.3. The molecule has 3 heterocycles. The SMILES string of the molecule is CC(Oc1cc(-n2nc3n(c2=O)CCCC3)c(F)cc1C(=O)Nc1ccn[nH]1)C1CCCCC1. The number of nitrogens with zero attached hydrogens (tertiary/aromatic N) is 4. The van der Waals surface area contributed by atoms with Gasteiger partial charge in [-0.05, 0) is 44.6 Å². The molecule has 0 saturated heterocycles. The molecule has 2 N–H and O–H groups in total. The van der Waals surface area contributed by atoms with Gasteiger partial charge in [-0.2, -0.15) is 9.78 Å². The minimum Gasteiger partial charge on any atom is -0.490 e. The van der Waals surface area contributed by atoms with E-state index in [1.165, 1.54) is 18.7 Å². The molecule has 0 radical (unpaired) electrons. The first-order valence-corrected chi connectivity index (χ1v) is 12.0. The molecular weight excluding hydrogens is 439 g/mol. The normalized spacial score (nSPS) is 17.2. The van der Waals surface area contributed by atoms with Crippen LogP contribution in [0.4, 0.5) is 10.2 Å². The third-order valence-corrected chi connectivity index (χ3v) is 6.87. The van der Waals surface area contributed by atoms with Crippen molar-refractivity contribution >= 4 is 11.7 Å². The smallest absolute Gasteiger partial charge is 0.350 e. The van der Waals surface area contributed by atoms with E-state index in [0.717, 1.165) is 49.3 Å². The molecule has 3 aromatic rings. The molecule has 1 amide bonds. The van der Waals surface area contributed by atoms with Crippen molar-refractivity contribution in [1.29, 1.82) is 0 Å². The molecule has 1 saturated carbocycles. The lowest BCUT2D eigenvalue weighted by atomic mass is 9.86. The largest absolute Gasteiger partial charge is 0.490 e. The number of aryl methyl sites for hydroxylation is 1. The first-order valence-electron chi connectivity index (χ1n) is 12.0. The lowest BCUT2D eigenvalue weighted by molar-refractivity contribution is 0.0996. The second kappa shape index (κ2) is 9.44. The lowest BCUT2D eigenvalue weighted by Crippen LogP contribution is -2.28. The van der Waals surface area contributed by atoms with Gasteiger partial charge in [-0.15, -0.1) is 5.10 Å². The van der Waals surface area contributed by atoms with Crippen LogP contribution in [-0.4, -0.2) is 36.6 Å². The van der Waals surface area contributed by atoms with Gasteiger partial charge in [0.1, 0.15) is 28.9 Å². The number of rotatable bonds is 6. The second-order valence-electron chi connectivity index (χ2n) is 9.16. The fourth-order valence-electron chi connectivity index (χ4n) is 4.95. The van der Waals surface area contributed by atoms with Crippen LogP contribution in [0.15, 0.2) is 29.2 Å². The molecule has 1 aromatic carbocycles. The zero-order valence-corrected chi connectivity index (χ0v) is 19.2. The minimum atomic E-state index is -0.718. The molecule has 10 heteroatoms. The van der Waals surface area contributed by atoms with Crippen molar-refractivity contribution < 1.29 is 13.9 Å². The number of hydrogen-bond donors (Lipinski definition) is 2. The summed E-state index contributed by atoms with van der Waals surface area (Å²) >= 11 is 0. The Kier molecular flexibility index (Phi) is 6.21. The third-order valence-electron chi connectivity index (χ3n) is 6.87. The van der Waals surface area contributed by atoms with Crippen LogP contribution in [-0.2, 0) is 13.0 Å². The van der Waals surface area contributed by atoms with Crippen molar-refractivity contribution in [3.05, 3.63) is 52.1 Å². The number of benzene rings is 1. The number of hydrogen-bond acceptors (Lipinski definition) is 5. The topological polar surface area (TPSA) is 107 Å². The highest BCUT2D eigenvalue weighted by Crippen LogP contribution is 2.32. The molecule has 1 unspecified atom stereocenters. The van der Waals surface area contributed by atoms with Gasteiger partial charge in [-0.25, -0.2) is 9.18 Å². The van der Waals surface area contributed by atoms with Crippen LogP contribution < -0.4 is 15.7 Å². The average molecular weight is 469 g/mol. The average Bonchev–Trinajstić information content (AvgIpc) is 3.48. The van der Waals surface area contributed by atoms with Gasteiger partial charge in [0, 0.05) is 25.1 Å². The van der Waals surface area contributed by atoms with E-state index < -0.39 is 11.7 Å². The van der Waals surface area contributed by atoms with Crippen LogP contribution in [0.3, 0.4) is 0 Å². The quantitative estimate of drug-likeness (QED) is 0.572. The maximum absolute atomic E-state index is 15.3. The van der Waals surface area contributed by atoms with E-state index in [2.05, 4.69) is 20.6 Å². The summed E-state index contributed by atoms with van der Waals surface area (Å²) in [4.78, 5) is 26.0. The van der Waals surface area contributed by atoms with Gasteiger partial charge in [-0.1, -0.05) is 19.3 Å². The van der Waals surface area contributed by atoms with Gasteiger partial charge >= 0.3 is 5.69 Å². The number of carbonyl (C=O) groups excluding carboxylic acids is 1. The predicted molar refractivity (Wildman–Crippen MR) is 124 cm³/mol. The molecule has 9 nitrogen and oxygen atoms in total. The minimum absolute atomic E-state index is 0.0177. The van der Waals surface area contributed by atoms with Crippen LogP contribution in [0.1, 0.15) is 68.1 Å². The van der Waals surface area contributed by atoms with Crippen LogP contribution >= 0.6 is 0 Å². The van der Waals surface area contributed by atoms with E-state index in [1.807, 2.05) is 6.92 Å². The van der Waals surface area contributed by atoms with Crippen molar-refractivity contribution in [1.82, 2.24) is 24.5 Å². The highest BCUT2D eigenvalue weighted by molar-refractivity contribution is 6.06. The summed E-state index contributed by atoms with van der Waals surface area (Å²) in [5.41, 5.74) is -0.346. The van der Waals surface area contributed by atoms with E-state index in [1.54, 1.807) is 10.6 Å². The zero-order chi connectivity index (χ0) is 23.7. The molecule has 0 bridgehead atoms. The Hall–Kier alpha value is -3.43. The molecule has 2 aromatic heterocycles. The summed E-state index contributed by atoms with van der Waals surface area (Å²) in [7, 11) is 0. The first kappa shape index (κ1) is 22.4. The highest BCUT2D eigenvalue weighted by Gasteiger charge is 2.27. The number of aromatic nitrogens is 5. The van der Waals surface area contributed by atoms with Crippen molar-refractivity contribution in [3.63, 3.8) is 0 Å². The number of amides is 1. The number of H-pyrrole nitrogens is 1. The number of nitrogens with one attached hydrogen (secondary N) is 2. The molecule has 2 aliphatic rings. The summed E-state index contributed by atoms with van der Waals surface area (Å²) in [5, 5.41) is 13.5. The monoisotopic (exact) mass is 468 g/mol. The van der Waals surface area contributed by atoms with E-state index in [0.29, 0.717) is 30.5 Å². The van der Waals surface area contributed by atoms with E-state index in [-0.39, 0.29) is 28.8 Å². The van der Waals surface area contributed by atoms with Crippen molar-refractivity contribution in [2.75, 3.05) is 5.32 Å². The lowest BCUT2D eigenvalue weighted by Gasteiger charge is -2.29. The van der Waals surface area contributed by atoms with Gasteiger partial charge in [0.15, 0.2) is 0 Å². The molecular formula is C24H29FN6O3. The molecule has 0 spiro atoms. The van der Waals surface area contributed by atoms with E-state index in [9.17, 15) is 9.59 Å². The van der Waals surface area contributed by atoms with Gasteiger partial charge in [-0.3, -0.25) is 14.5 Å². The Balaban J connectivity index is 1.53. The Morgan fingerprint density at radius 2 is 2.06 bits per heavy atom. The first-order chi connectivity index (χ1) is 16.5. The van der Waals surface area contributed by atoms with Crippen LogP contribution in [0.25, 0.3) is 5.69 Å². The molecule has 34 heavy (non-hydrogen) atoms. The molecule has 1 atom stereocenters. The van der Waals surface area contributed by atoms with Crippen molar-refractivity contribution in [3.8, 4) is 11.4 Å². The number of carbonyl (C=O) groups is 1. The van der Waals surface area contributed by atoms with E-state index in [4.69, 9.17) is 4.74 Å². The molecule has 1 fully saturated rings. The van der Waals surface area contributed by atoms with Gasteiger partial charge in [0.05, 0.1) is 17.9 Å². The molecule has 1 aliphatic heterocycles. The maximum atomic E-state index is 15.3. The molecule has 5 rings (SSSR count). The van der Waals surface area contributed by atoms with Crippen molar-refractivity contribution in [2.24, 2.45) is 5.92 Å². The Labute approximate surface area is 196 Å². The summed E-state index contributed by atoms with van der Waals surface area (Å²) in [6.07, 6.45) is 9.48. The van der Waals surface area contributed by atoms with Gasteiger partial charge in [0.2, 0.25) is 0 Å². The highest BCUT2D eigenvalue weighted by atomic mass is 19.1. The number of aromatic amines is 1. The maximum Gasteiger partial charge on any atom is 0.350 e. The zero-order valence-electron chi connectivity index (χ0n) is 19.2.